The molecule has 3 aromatic rings. The number of carbonyl (C=O) groups excluding carboxylic acids is 2. The zero-order chi connectivity index (χ0) is 20.4. The van der Waals surface area contributed by atoms with E-state index in [1.807, 2.05) is 98.8 Å². The first kappa shape index (κ1) is 18.8. The topological polar surface area (TPSA) is 34.1 Å². The molecule has 0 N–H and O–H groups in total. The molecule has 3 aromatic carbocycles. The summed E-state index contributed by atoms with van der Waals surface area (Å²) in [4.78, 5) is 25.7. The first-order chi connectivity index (χ1) is 14.0. The van der Waals surface area contributed by atoms with Gasteiger partial charge in [-0.15, -0.1) is 0 Å². The van der Waals surface area contributed by atoms with Crippen LogP contribution in [-0.4, -0.2) is 11.6 Å². The summed E-state index contributed by atoms with van der Waals surface area (Å²) in [6.07, 6.45) is 5.19. The van der Waals surface area contributed by atoms with Crippen LogP contribution in [0.2, 0.25) is 0 Å². The van der Waals surface area contributed by atoms with E-state index in [9.17, 15) is 9.59 Å². The minimum Gasteiger partial charge on any atom is -0.293 e. The summed E-state index contributed by atoms with van der Waals surface area (Å²) >= 11 is 0. The number of hydrogen-bond donors (Lipinski definition) is 0. The summed E-state index contributed by atoms with van der Waals surface area (Å²) in [6.45, 7) is 3.71. The molecular formula is C27H22O2. The fourth-order valence-corrected chi connectivity index (χ4v) is 3.89. The normalized spacial score (nSPS) is 18.4. The minimum absolute atomic E-state index is 0.0275. The second-order valence-corrected chi connectivity index (χ2v) is 7.59. The van der Waals surface area contributed by atoms with E-state index in [4.69, 9.17) is 0 Å². The highest BCUT2D eigenvalue weighted by atomic mass is 16.1. The molecule has 2 nitrogen and oxygen atoms in total. The molecule has 0 saturated heterocycles. The summed E-state index contributed by atoms with van der Waals surface area (Å²) in [6, 6.07) is 25.5. The first-order valence-electron chi connectivity index (χ1n) is 9.71. The summed E-state index contributed by atoms with van der Waals surface area (Å²) in [7, 11) is 0. The monoisotopic (exact) mass is 378 g/mol. The van der Waals surface area contributed by atoms with Crippen molar-refractivity contribution >= 4 is 17.6 Å². The molecule has 0 aromatic heterocycles. The average molecular weight is 378 g/mol. The van der Waals surface area contributed by atoms with Gasteiger partial charge in [-0.3, -0.25) is 9.59 Å². The van der Waals surface area contributed by atoms with Gasteiger partial charge in [0, 0.05) is 5.56 Å². The largest absolute Gasteiger partial charge is 0.293 e. The molecule has 29 heavy (non-hydrogen) atoms. The van der Waals surface area contributed by atoms with E-state index in [2.05, 4.69) is 0 Å². The van der Waals surface area contributed by atoms with Gasteiger partial charge in [-0.25, -0.2) is 0 Å². The molecule has 0 aliphatic heterocycles. The lowest BCUT2D eigenvalue weighted by Crippen LogP contribution is -2.34. The molecule has 0 amide bonds. The van der Waals surface area contributed by atoms with Crippen LogP contribution in [0.15, 0.2) is 96.6 Å². The van der Waals surface area contributed by atoms with Gasteiger partial charge in [0.25, 0.3) is 0 Å². The van der Waals surface area contributed by atoms with Gasteiger partial charge in [-0.05, 0) is 53.8 Å². The van der Waals surface area contributed by atoms with E-state index < -0.39 is 5.41 Å². The predicted molar refractivity (Wildman–Crippen MR) is 118 cm³/mol. The van der Waals surface area contributed by atoms with E-state index in [0.717, 1.165) is 22.3 Å². The number of Topliss-reactive ketones (excluding diaryl/α,β-unsaturated/α-hetero) is 1. The molecule has 1 aliphatic rings. The van der Waals surface area contributed by atoms with Crippen LogP contribution in [0, 0.1) is 0 Å². The molecule has 1 atom stereocenters. The Kier molecular flexibility index (Phi) is 4.85. The molecule has 0 bridgehead atoms. The SMILES string of the molecule is CC1=Cc2ccccc2[C@@](C)(/C=C\C(=O)c2ccc(-c3ccccc3)cc2)C1=O. The van der Waals surface area contributed by atoms with Crippen molar-refractivity contribution in [1.29, 1.82) is 0 Å². The van der Waals surface area contributed by atoms with Gasteiger partial charge in [0.2, 0.25) is 0 Å². The van der Waals surface area contributed by atoms with Gasteiger partial charge in [0.1, 0.15) is 0 Å². The number of rotatable bonds is 4. The Morgan fingerprint density at radius 3 is 2.17 bits per heavy atom. The van der Waals surface area contributed by atoms with Crippen molar-refractivity contribution in [3.05, 3.63) is 113 Å². The fourth-order valence-electron chi connectivity index (χ4n) is 3.89. The van der Waals surface area contributed by atoms with Crippen molar-refractivity contribution in [3.8, 4) is 11.1 Å². The summed E-state index contributed by atoms with van der Waals surface area (Å²) in [5, 5.41) is 0. The number of carbonyl (C=O) groups is 2. The smallest absolute Gasteiger partial charge is 0.185 e. The molecule has 0 saturated carbocycles. The number of allylic oxidation sites excluding steroid dienone is 3. The van der Waals surface area contributed by atoms with Crippen molar-refractivity contribution in [2.75, 3.05) is 0 Å². The van der Waals surface area contributed by atoms with E-state index in [0.29, 0.717) is 11.1 Å². The van der Waals surface area contributed by atoms with E-state index in [1.54, 1.807) is 6.08 Å². The zero-order valence-corrected chi connectivity index (χ0v) is 16.6. The number of hydrogen-bond acceptors (Lipinski definition) is 2. The number of fused-ring (bicyclic) bond motifs is 1. The molecule has 0 spiro atoms. The second-order valence-electron chi connectivity index (χ2n) is 7.59. The fraction of sp³-hybridized carbons (Fsp3) is 0.111. The highest BCUT2D eigenvalue weighted by Gasteiger charge is 2.37. The molecule has 1 aliphatic carbocycles. The lowest BCUT2D eigenvalue weighted by Gasteiger charge is -2.31. The van der Waals surface area contributed by atoms with Crippen molar-refractivity contribution in [2.45, 2.75) is 19.3 Å². The quantitative estimate of drug-likeness (QED) is 0.410. The highest BCUT2D eigenvalue weighted by Crippen LogP contribution is 2.37. The Morgan fingerprint density at radius 1 is 0.828 bits per heavy atom. The molecule has 0 heterocycles. The maximum Gasteiger partial charge on any atom is 0.185 e. The van der Waals surface area contributed by atoms with Gasteiger partial charge in [-0.1, -0.05) is 84.9 Å². The first-order valence-corrected chi connectivity index (χ1v) is 9.71. The van der Waals surface area contributed by atoms with E-state index >= 15 is 0 Å². The predicted octanol–water partition coefficient (Wildman–Crippen LogP) is 6.04. The third-order valence-electron chi connectivity index (χ3n) is 5.57. The summed E-state index contributed by atoms with van der Waals surface area (Å²) < 4.78 is 0. The maximum absolute atomic E-state index is 12.9. The summed E-state index contributed by atoms with van der Waals surface area (Å²) in [5.41, 5.74) is 4.60. The van der Waals surface area contributed by atoms with E-state index in [1.165, 1.54) is 6.08 Å². The van der Waals surface area contributed by atoms with Crippen molar-refractivity contribution < 1.29 is 9.59 Å². The van der Waals surface area contributed by atoms with Crippen LogP contribution in [0.5, 0.6) is 0 Å². The average Bonchev–Trinajstić information content (AvgIpc) is 2.77. The van der Waals surface area contributed by atoms with E-state index in [-0.39, 0.29) is 11.6 Å². The Bertz CT molecular complexity index is 1130. The highest BCUT2D eigenvalue weighted by molar-refractivity contribution is 6.12. The molecule has 0 radical (unpaired) electrons. The van der Waals surface area contributed by atoms with Gasteiger partial charge < -0.3 is 0 Å². The van der Waals surface area contributed by atoms with Gasteiger partial charge >= 0.3 is 0 Å². The standard InChI is InChI=1S/C27H22O2/c1-19-18-23-10-6-7-11-24(23)27(2,26(19)29)17-16-25(28)22-14-12-21(13-15-22)20-8-4-3-5-9-20/h3-18H,1-2H3/b17-16-/t27-/m1/s1. The van der Waals surface area contributed by atoms with Crippen LogP contribution < -0.4 is 0 Å². The molecule has 142 valence electrons. The molecule has 4 rings (SSSR count). The Hall–Kier alpha value is -3.52. The molecular weight excluding hydrogens is 356 g/mol. The van der Waals surface area contributed by atoms with Crippen LogP contribution in [0.3, 0.4) is 0 Å². The zero-order valence-electron chi connectivity index (χ0n) is 16.6. The van der Waals surface area contributed by atoms with Gasteiger partial charge in [-0.2, -0.15) is 0 Å². The van der Waals surface area contributed by atoms with Crippen LogP contribution in [-0.2, 0) is 10.2 Å². The van der Waals surface area contributed by atoms with Crippen molar-refractivity contribution in [3.63, 3.8) is 0 Å². The van der Waals surface area contributed by atoms with Crippen LogP contribution in [0.25, 0.3) is 17.2 Å². The molecule has 2 heteroatoms. The van der Waals surface area contributed by atoms with Gasteiger partial charge in [0.05, 0.1) is 5.41 Å². The second kappa shape index (κ2) is 7.48. The third-order valence-corrected chi connectivity index (χ3v) is 5.57. The third kappa shape index (κ3) is 3.50. The molecule has 0 fully saturated rings. The molecule has 0 unspecified atom stereocenters. The maximum atomic E-state index is 12.9. The Balaban J connectivity index is 1.61. The Labute approximate surface area is 171 Å². The van der Waals surface area contributed by atoms with Crippen molar-refractivity contribution in [1.82, 2.24) is 0 Å². The van der Waals surface area contributed by atoms with Crippen LogP contribution >= 0.6 is 0 Å². The minimum atomic E-state index is -0.838. The number of ketones is 2. The van der Waals surface area contributed by atoms with Gasteiger partial charge in [0.15, 0.2) is 11.6 Å². The van der Waals surface area contributed by atoms with Crippen molar-refractivity contribution in [2.24, 2.45) is 0 Å². The lowest BCUT2D eigenvalue weighted by atomic mass is 9.70. The van der Waals surface area contributed by atoms with Crippen LogP contribution in [0.4, 0.5) is 0 Å². The Morgan fingerprint density at radius 2 is 1.45 bits per heavy atom. The summed E-state index contributed by atoms with van der Waals surface area (Å²) in [5.74, 6) is -0.0806. The van der Waals surface area contributed by atoms with Crippen LogP contribution in [0.1, 0.15) is 35.3 Å². The lowest BCUT2D eigenvalue weighted by molar-refractivity contribution is -0.118. The number of benzene rings is 3.